The highest BCUT2D eigenvalue weighted by Crippen LogP contribution is 2.39. The number of methoxy groups -OCH3 is 1. The van der Waals surface area contributed by atoms with E-state index in [9.17, 15) is 4.79 Å². The second-order valence-corrected chi connectivity index (χ2v) is 7.52. The molecule has 0 aliphatic carbocycles. The Morgan fingerprint density at radius 2 is 1.93 bits per heavy atom. The molecular formula is C23H24N4O2S. The van der Waals surface area contributed by atoms with Crippen molar-refractivity contribution in [1.29, 1.82) is 0 Å². The van der Waals surface area contributed by atoms with E-state index in [1.54, 1.807) is 6.20 Å². The fraction of sp³-hybridized carbons (Fsp3) is 0.261. The van der Waals surface area contributed by atoms with Crippen molar-refractivity contribution in [2.45, 2.75) is 24.9 Å². The van der Waals surface area contributed by atoms with Crippen molar-refractivity contribution in [3.63, 3.8) is 0 Å². The second-order valence-electron chi connectivity index (χ2n) is 7.14. The molecule has 3 heterocycles. The number of hydrogen-bond acceptors (Lipinski definition) is 4. The number of aromatic nitrogens is 2. The Morgan fingerprint density at radius 1 is 1.13 bits per heavy atom. The first-order chi connectivity index (χ1) is 14.7. The topological polar surface area (TPSA) is 59.4 Å². The van der Waals surface area contributed by atoms with Crippen LogP contribution in [0.5, 0.6) is 0 Å². The number of ether oxygens (including phenoxy) is 1. The standard InChI is InChI=1S/C23H24N4O2S/c1-29-20(28)13-8-16-27-22(21(25-23(27)30)18-11-5-6-14-24-18)19-12-7-15-26(19)17-9-3-2-4-10-17/h2-7,9-12,14-15,21-22H,8,13,16H2,1H3,(H,25,30)/t21-,22+/m1/s1. The van der Waals surface area contributed by atoms with Gasteiger partial charge in [-0.15, -0.1) is 0 Å². The largest absolute Gasteiger partial charge is 0.469 e. The van der Waals surface area contributed by atoms with E-state index in [1.165, 1.54) is 7.11 Å². The normalized spacial score (nSPS) is 18.3. The molecule has 30 heavy (non-hydrogen) atoms. The van der Waals surface area contributed by atoms with Gasteiger partial charge in [0.05, 0.1) is 24.9 Å². The average Bonchev–Trinajstić information content (AvgIpc) is 3.39. The second kappa shape index (κ2) is 9.09. The summed E-state index contributed by atoms with van der Waals surface area (Å²) in [5, 5.41) is 4.12. The van der Waals surface area contributed by atoms with Gasteiger partial charge in [-0.25, -0.2) is 0 Å². The maximum Gasteiger partial charge on any atom is 0.305 e. The summed E-state index contributed by atoms with van der Waals surface area (Å²) >= 11 is 5.70. The Hall–Kier alpha value is -3.19. The summed E-state index contributed by atoms with van der Waals surface area (Å²) in [5.41, 5.74) is 3.13. The van der Waals surface area contributed by atoms with Gasteiger partial charge in [0.1, 0.15) is 0 Å². The van der Waals surface area contributed by atoms with E-state index in [0.29, 0.717) is 24.5 Å². The van der Waals surface area contributed by atoms with Crippen molar-refractivity contribution < 1.29 is 9.53 Å². The highest BCUT2D eigenvalue weighted by atomic mass is 32.1. The van der Waals surface area contributed by atoms with Gasteiger partial charge in [0, 0.05) is 36.7 Å². The molecule has 0 amide bonds. The van der Waals surface area contributed by atoms with Crippen LogP contribution >= 0.6 is 12.2 Å². The van der Waals surface area contributed by atoms with E-state index in [2.05, 4.69) is 44.2 Å². The third-order valence-electron chi connectivity index (χ3n) is 5.32. The van der Waals surface area contributed by atoms with Crippen LogP contribution in [0, 0.1) is 0 Å². The molecule has 0 unspecified atom stereocenters. The van der Waals surface area contributed by atoms with Crippen LogP contribution in [-0.2, 0) is 9.53 Å². The van der Waals surface area contributed by atoms with Gasteiger partial charge < -0.3 is 19.5 Å². The van der Waals surface area contributed by atoms with Crippen LogP contribution in [0.2, 0.25) is 0 Å². The maximum atomic E-state index is 11.6. The molecule has 1 fully saturated rings. The van der Waals surface area contributed by atoms with Crippen LogP contribution in [0.4, 0.5) is 0 Å². The van der Waals surface area contributed by atoms with Crippen molar-refractivity contribution >= 4 is 23.3 Å². The lowest BCUT2D eigenvalue weighted by atomic mass is 10.0. The number of thiocarbonyl (C=S) groups is 1. The first-order valence-corrected chi connectivity index (χ1v) is 10.4. The van der Waals surface area contributed by atoms with E-state index in [-0.39, 0.29) is 18.1 Å². The molecule has 1 saturated heterocycles. The van der Waals surface area contributed by atoms with Gasteiger partial charge in [0.15, 0.2) is 5.11 Å². The van der Waals surface area contributed by atoms with E-state index in [1.807, 2.05) is 42.5 Å². The van der Waals surface area contributed by atoms with Crippen molar-refractivity contribution in [2.75, 3.05) is 13.7 Å². The third kappa shape index (κ3) is 4.07. The summed E-state index contributed by atoms with van der Waals surface area (Å²) in [7, 11) is 1.41. The van der Waals surface area contributed by atoms with E-state index < -0.39 is 0 Å². The van der Waals surface area contributed by atoms with Crippen LogP contribution in [-0.4, -0.2) is 39.2 Å². The van der Waals surface area contributed by atoms with E-state index in [0.717, 1.165) is 17.1 Å². The average molecular weight is 421 g/mol. The summed E-state index contributed by atoms with van der Waals surface area (Å²) in [4.78, 5) is 18.3. The molecule has 4 rings (SSSR count). The number of hydrogen-bond donors (Lipinski definition) is 1. The number of rotatable bonds is 7. The van der Waals surface area contributed by atoms with Gasteiger partial charge in [-0.2, -0.15) is 0 Å². The molecule has 1 aliphatic heterocycles. The summed E-state index contributed by atoms with van der Waals surface area (Å²) in [6, 6.07) is 20.2. The first kappa shape index (κ1) is 20.1. The van der Waals surface area contributed by atoms with Crippen LogP contribution in [0.25, 0.3) is 5.69 Å². The fourth-order valence-corrected chi connectivity index (χ4v) is 4.25. The predicted molar refractivity (Wildman–Crippen MR) is 119 cm³/mol. The fourth-order valence-electron chi connectivity index (χ4n) is 3.92. The number of para-hydroxylation sites is 1. The molecule has 1 aliphatic rings. The molecule has 1 aromatic carbocycles. The van der Waals surface area contributed by atoms with Gasteiger partial charge in [-0.3, -0.25) is 9.78 Å². The van der Waals surface area contributed by atoms with Gasteiger partial charge in [-0.05, 0) is 55.0 Å². The van der Waals surface area contributed by atoms with Crippen molar-refractivity contribution in [3.8, 4) is 5.69 Å². The number of benzene rings is 1. The zero-order valence-corrected chi connectivity index (χ0v) is 17.6. The third-order valence-corrected chi connectivity index (χ3v) is 5.68. The SMILES string of the molecule is COC(=O)CCCN1C(=S)N[C@H](c2ccccn2)[C@@H]1c1cccn1-c1ccccc1. The Labute approximate surface area is 181 Å². The molecule has 0 spiro atoms. The molecular weight excluding hydrogens is 396 g/mol. The molecule has 7 heteroatoms. The van der Waals surface area contributed by atoms with Crippen LogP contribution < -0.4 is 5.32 Å². The lowest BCUT2D eigenvalue weighted by Gasteiger charge is -2.29. The predicted octanol–water partition coefficient (Wildman–Crippen LogP) is 3.80. The van der Waals surface area contributed by atoms with Crippen molar-refractivity contribution in [3.05, 3.63) is 84.4 Å². The zero-order chi connectivity index (χ0) is 20.9. The Bertz CT molecular complexity index is 1010. The van der Waals surface area contributed by atoms with Crippen molar-refractivity contribution in [2.24, 2.45) is 0 Å². The molecule has 2 aromatic heterocycles. The molecule has 1 N–H and O–H groups in total. The highest BCUT2D eigenvalue weighted by molar-refractivity contribution is 7.80. The Kier molecular flexibility index (Phi) is 6.09. The maximum absolute atomic E-state index is 11.6. The summed E-state index contributed by atoms with van der Waals surface area (Å²) in [6.07, 6.45) is 4.88. The number of esters is 1. The molecule has 2 atom stereocenters. The number of nitrogens with one attached hydrogen (secondary N) is 1. The number of nitrogens with zero attached hydrogens (tertiary/aromatic N) is 3. The van der Waals surface area contributed by atoms with Gasteiger partial charge in [0.2, 0.25) is 0 Å². The smallest absolute Gasteiger partial charge is 0.305 e. The highest BCUT2D eigenvalue weighted by Gasteiger charge is 2.41. The van der Waals surface area contributed by atoms with E-state index >= 15 is 0 Å². The summed E-state index contributed by atoms with van der Waals surface area (Å²) in [6.45, 7) is 0.648. The Balaban J connectivity index is 1.70. The summed E-state index contributed by atoms with van der Waals surface area (Å²) < 4.78 is 6.97. The lowest BCUT2D eigenvalue weighted by molar-refractivity contribution is -0.140. The molecule has 6 nitrogen and oxygen atoms in total. The number of pyridine rings is 1. The monoisotopic (exact) mass is 420 g/mol. The molecule has 0 radical (unpaired) electrons. The molecule has 0 bridgehead atoms. The van der Waals surface area contributed by atoms with Crippen LogP contribution in [0.3, 0.4) is 0 Å². The lowest BCUT2D eigenvalue weighted by Crippen LogP contribution is -2.31. The minimum absolute atomic E-state index is 0.0553. The van der Waals surface area contributed by atoms with Gasteiger partial charge >= 0.3 is 5.97 Å². The van der Waals surface area contributed by atoms with Gasteiger partial charge in [-0.1, -0.05) is 24.3 Å². The number of carbonyl (C=O) groups is 1. The van der Waals surface area contributed by atoms with Crippen molar-refractivity contribution in [1.82, 2.24) is 19.8 Å². The Morgan fingerprint density at radius 3 is 2.67 bits per heavy atom. The van der Waals surface area contributed by atoms with Gasteiger partial charge in [0.25, 0.3) is 0 Å². The first-order valence-electron chi connectivity index (χ1n) is 9.96. The molecule has 154 valence electrons. The van der Waals surface area contributed by atoms with E-state index in [4.69, 9.17) is 17.0 Å². The summed E-state index contributed by atoms with van der Waals surface area (Å²) in [5.74, 6) is -0.210. The molecule has 3 aromatic rings. The van der Waals surface area contributed by atoms with Crippen LogP contribution in [0.15, 0.2) is 73.1 Å². The quantitative estimate of drug-likeness (QED) is 0.464. The number of carbonyl (C=O) groups excluding carboxylic acids is 1. The molecule has 0 saturated carbocycles. The zero-order valence-electron chi connectivity index (χ0n) is 16.8. The van der Waals surface area contributed by atoms with Crippen LogP contribution in [0.1, 0.15) is 36.3 Å². The minimum Gasteiger partial charge on any atom is -0.469 e. The minimum atomic E-state index is -0.210.